The number of carbonyl (C=O) groups excluding carboxylic acids is 1. The Bertz CT molecular complexity index is 494. The van der Waals surface area contributed by atoms with E-state index in [4.69, 9.17) is 14.7 Å². The highest BCUT2D eigenvalue weighted by Gasteiger charge is 2.20. The zero-order chi connectivity index (χ0) is 13.7. The molecule has 1 rings (SSSR count). The van der Waals surface area contributed by atoms with Crippen LogP contribution in [0.25, 0.3) is 0 Å². The van der Waals surface area contributed by atoms with Gasteiger partial charge in [-0.25, -0.2) is 0 Å². The second kappa shape index (κ2) is 6.41. The number of ether oxygens (including phenoxy) is 2. The molecule has 0 N–H and O–H groups in total. The predicted octanol–water partition coefficient (Wildman–Crippen LogP) is 3.05. The van der Waals surface area contributed by atoms with Gasteiger partial charge in [0.25, 0.3) is 0 Å². The largest absolute Gasteiger partial charge is 0.493 e. The first-order valence-corrected chi connectivity index (χ1v) is 6.13. The maximum absolute atomic E-state index is 11.2. The van der Waals surface area contributed by atoms with Crippen LogP contribution in [0, 0.1) is 11.3 Å². The van der Waals surface area contributed by atoms with Crippen molar-refractivity contribution in [3.8, 4) is 17.6 Å². The molecule has 1 aromatic carbocycles. The number of hydrogen-bond donors (Lipinski definition) is 0. The van der Waals surface area contributed by atoms with Gasteiger partial charge in [-0.15, -0.1) is 0 Å². The fourth-order valence-corrected chi connectivity index (χ4v) is 2.45. The molecule has 0 aliphatic heterocycles. The van der Waals surface area contributed by atoms with E-state index in [0.29, 0.717) is 16.0 Å². The van der Waals surface area contributed by atoms with Crippen LogP contribution >= 0.6 is 15.9 Å². The normalized spacial score (nSPS) is 11.5. The number of ketones is 1. The van der Waals surface area contributed by atoms with Gasteiger partial charge in [0.05, 0.1) is 30.7 Å². The third kappa shape index (κ3) is 3.02. The lowest BCUT2D eigenvalue weighted by Gasteiger charge is -2.15. The van der Waals surface area contributed by atoms with Crippen molar-refractivity contribution >= 4 is 21.7 Å². The molecule has 0 bridgehead atoms. The lowest BCUT2D eigenvalue weighted by molar-refractivity contribution is -0.117. The molecule has 1 unspecified atom stereocenters. The number of carbonyl (C=O) groups is 1. The molecule has 0 fully saturated rings. The minimum Gasteiger partial charge on any atom is -0.493 e. The van der Waals surface area contributed by atoms with Gasteiger partial charge < -0.3 is 9.47 Å². The van der Waals surface area contributed by atoms with E-state index in [1.54, 1.807) is 19.2 Å². The number of rotatable bonds is 5. The second-order valence-corrected chi connectivity index (χ2v) is 4.59. The van der Waals surface area contributed by atoms with E-state index in [1.165, 1.54) is 14.0 Å². The summed E-state index contributed by atoms with van der Waals surface area (Å²) in [4.78, 5) is 11.2. The van der Waals surface area contributed by atoms with Crippen molar-refractivity contribution in [3.05, 3.63) is 22.2 Å². The van der Waals surface area contributed by atoms with E-state index in [2.05, 4.69) is 22.0 Å². The Morgan fingerprint density at radius 1 is 1.44 bits per heavy atom. The number of benzene rings is 1. The zero-order valence-electron chi connectivity index (χ0n) is 10.5. The quantitative estimate of drug-likeness (QED) is 0.838. The lowest BCUT2D eigenvalue weighted by Crippen LogP contribution is -2.04. The van der Waals surface area contributed by atoms with E-state index in [9.17, 15) is 4.79 Å². The number of nitrogens with zero attached hydrogens (tertiary/aromatic N) is 1. The van der Waals surface area contributed by atoms with Gasteiger partial charge in [-0.05, 0) is 34.5 Å². The molecule has 1 aromatic rings. The topological polar surface area (TPSA) is 59.3 Å². The first-order valence-electron chi connectivity index (χ1n) is 5.34. The molecule has 0 spiro atoms. The summed E-state index contributed by atoms with van der Waals surface area (Å²) >= 11 is 3.40. The third-order valence-corrected chi connectivity index (χ3v) is 3.36. The average Bonchev–Trinajstić information content (AvgIpc) is 2.35. The smallest absolute Gasteiger partial charge is 0.175 e. The monoisotopic (exact) mass is 311 g/mol. The summed E-state index contributed by atoms with van der Waals surface area (Å²) in [5.41, 5.74) is 0.727. The fraction of sp³-hybridized carbons (Fsp3) is 0.385. The lowest BCUT2D eigenvalue weighted by atomic mass is 9.95. The van der Waals surface area contributed by atoms with E-state index in [1.807, 2.05) is 0 Å². The van der Waals surface area contributed by atoms with Crippen LogP contribution in [0.15, 0.2) is 16.6 Å². The van der Waals surface area contributed by atoms with Crippen LogP contribution in [-0.4, -0.2) is 20.0 Å². The molecule has 4 nitrogen and oxygen atoms in total. The molecule has 0 aliphatic rings. The summed E-state index contributed by atoms with van der Waals surface area (Å²) in [5, 5.41) is 9.15. The van der Waals surface area contributed by atoms with E-state index in [0.717, 1.165) is 5.56 Å². The predicted molar refractivity (Wildman–Crippen MR) is 70.9 cm³/mol. The zero-order valence-corrected chi connectivity index (χ0v) is 12.1. The van der Waals surface area contributed by atoms with Gasteiger partial charge >= 0.3 is 0 Å². The van der Waals surface area contributed by atoms with Crippen LogP contribution in [-0.2, 0) is 4.79 Å². The molecule has 18 heavy (non-hydrogen) atoms. The van der Waals surface area contributed by atoms with Crippen molar-refractivity contribution < 1.29 is 14.3 Å². The Balaban J connectivity index is 3.25. The number of methoxy groups -OCH3 is 2. The summed E-state index contributed by atoms with van der Waals surface area (Å²) in [6.45, 7) is 1.47. The first kappa shape index (κ1) is 14.5. The average molecular weight is 312 g/mol. The van der Waals surface area contributed by atoms with Crippen LogP contribution in [0.1, 0.15) is 24.8 Å². The Labute approximate surface area is 115 Å². The van der Waals surface area contributed by atoms with Crippen LogP contribution < -0.4 is 9.47 Å². The Morgan fingerprint density at radius 3 is 2.56 bits per heavy atom. The molecular weight excluding hydrogens is 298 g/mol. The summed E-state index contributed by atoms with van der Waals surface area (Å²) in [5.74, 6) is 0.589. The maximum Gasteiger partial charge on any atom is 0.175 e. The third-order valence-electron chi connectivity index (χ3n) is 2.54. The molecule has 0 saturated carbocycles. The molecule has 0 heterocycles. The van der Waals surface area contributed by atoms with Crippen LogP contribution in [0.2, 0.25) is 0 Å². The van der Waals surface area contributed by atoms with Crippen molar-refractivity contribution in [1.29, 1.82) is 5.26 Å². The van der Waals surface area contributed by atoms with Crippen molar-refractivity contribution in [3.63, 3.8) is 0 Å². The van der Waals surface area contributed by atoms with Crippen molar-refractivity contribution in [2.75, 3.05) is 14.2 Å². The van der Waals surface area contributed by atoms with E-state index < -0.39 is 5.92 Å². The van der Waals surface area contributed by atoms with Gasteiger partial charge in [0, 0.05) is 6.42 Å². The van der Waals surface area contributed by atoms with Gasteiger partial charge in [-0.3, -0.25) is 4.79 Å². The first-order chi connectivity index (χ1) is 8.54. The summed E-state index contributed by atoms with van der Waals surface area (Å²) < 4.78 is 11.1. The van der Waals surface area contributed by atoms with E-state index >= 15 is 0 Å². The summed E-state index contributed by atoms with van der Waals surface area (Å²) in [6.07, 6.45) is 0.185. The molecule has 96 valence electrons. The highest BCUT2D eigenvalue weighted by Crippen LogP contribution is 2.40. The van der Waals surface area contributed by atoms with Crippen molar-refractivity contribution in [2.45, 2.75) is 19.3 Å². The Hall–Kier alpha value is -1.54. The second-order valence-electron chi connectivity index (χ2n) is 3.79. The molecule has 1 atom stereocenters. The number of Topliss-reactive ketones (excluding diaryl/α,β-unsaturated/α-hetero) is 1. The molecule has 0 radical (unpaired) electrons. The van der Waals surface area contributed by atoms with Gasteiger partial charge in [-0.2, -0.15) is 5.26 Å². The minimum atomic E-state index is -0.489. The SMILES string of the molecule is COc1ccc(C(C#N)CC(C)=O)c(Br)c1OC. The Morgan fingerprint density at radius 2 is 2.11 bits per heavy atom. The van der Waals surface area contributed by atoms with Crippen molar-refractivity contribution in [1.82, 2.24) is 0 Å². The van der Waals surface area contributed by atoms with Gasteiger partial charge in [0.15, 0.2) is 11.5 Å². The van der Waals surface area contributed by atoms with Crippen LogP contribution in [0.4, 0.5) is 0 Å². The molecule has 0 aliphatic carbocycles. The van der Waals surface area contributed by atoms with Gasteiger partial charge in [-0.1, -0.05) is 6.07 Å². The minimum absolute atomic E-state index is 0.0248. The summed E-state index contributed by atoms with van der Waals surface area (Å²) in [6, 6.07) is 5.62. The number of halogens is 1. The Kier molecular flexibility index (Phi) is 5.17. The highest BCUT2D eigenvalue weighted by molar-refractivity contribution is 9.10. The van der Waals surface area contributed by atoms with E-state index in [-0.39, 0.29) is 12.2 Å². The van der Waals surface area contributed by atoms with Crippen LogP contribution in [0.5, 0.6) is 11.5 Å². The molecule has 0 saturated heterocycles. The maximum atomic E-state index is 11.2. The number of hydrogen-bond acceptors (Lipinski definition) is 4. The van der Waals surface area contributed by atoms with Crippen LogP contribution in [0.3, 0.4) is 0 Å². The van der Waals surface area contributed by atoms with Gasteiger partial charge in [0.2, 0.25) is 0 Å². The molecule has 0 aromatic heterocycles. The van der Waals surface area contributed by atoms with Crippen molar-refractivity contribution in [2.24, 2.45) is 0 Å². The highest BCUT2D eigenvalue weighted by atomic mass is 79.9. The molecule has 0 amide bonds. The molecular formula is C13H14BrNO3. The number of nitriles is 1. The molecule has 5 heteroatoms. The van der Waals surface area contributed by atoms with Gasteiger partial charge in [0.1, 0.15) is 5.78 Å². The summed E-state index contributed by atoms with van der Waals surface area (Å²) in [7, 11) is 3.07. The fourth-order valence-electron chi connectivity index (χ4n) is 1.69. The standard InChI is InChI=1S/C13H14BrNO3/c1-8(16)6-9(7-15)10-4-5-11(17-2)13(18-3)12(10)14/h4-5,9H,6H2,1-3H3.